The molecular weight excluding hydrogens is 257 g/mol. The monoisotopic (exact) mass is 276 g/mol. The van der Waals surface area contributed by atoms with Gasteiger partial charge in [0.15, 0.2) is 0 Å². The minimum absolute atomic E-state index is 0.191. The van der Waals surface area contributed by atoms with Crippen LogP contribution in [0.1, 0.15) is 46.0 Å². The third-order valence-electron chi connectivity index (χ3n) is 2.34. The van der Waals surface area contributed by atoms with E-state index < -0.39 is 22.2 Å². The second-order valence-corrected chi connectivity index (χ2v) is 5.75. The number of hydrogen-bond donors (Lipinski definition) is 0. The molecule has 0 amide bonds. The smallest absolute Gasteiger partial charge is 0.263 e. The molecule has 0 aromatic rings. The number of unbranched alkanes of at least 4 members (excludes halogenated alkanes) is 3. The van der Waals surface area contributed by atoms with Crippen LogP contribution in [0, 0.1) is 5.92 Å². The number of hydrogen-bond acceptors (Lipinski definition) is 3. The molecule has 0 spiro atoms. The molecule has 0 aliphatic rings. The summed E-state index contributed by atoms with van der Waals surface area (Å²) in [4.78, 5) is 0. The first-order valence-electron chi connectivity index (χ1n) is 5.66. The molecule has 7 heteroatoms. The average molecular weight is 276 g/mol. The van der Waals surface area contributed by atoms with Gasteiger partial charge in [-0.2, -0.15) is 21.6 Å². The predicted octanol–water partition coefficient (Wildman–Crippen LogP) is 3.46. The van der Waals surface area contributed by atoms with Gasteiger partial charge >= 0.3 is 15.6 Å². The van der Waals surface area contributed by atoms with Crippen LogP contribution in [0.2, 0.25) is 0 Å². The first-order chi connectivity index (χ1) is 7.70. The van der Waals surface area contributed by atoms with E-state index in [-0.39, 0.29) is 5.92 Å². The quantitative estimate of drug-likeness (QED) is 0.387. The van der Waals surface area contributed by atoms with Crippen LogP contribution in [0.4, 0.5) is 13.2 Å². The third kappa shape index (κ3) is 6.88. The second kappa shape index (κ2) is 7.20. The van der Waals surface area contributed by atoms with Gasteiger partial charge < -0.3 is 0 Å². The third-order valence-corrected chi connectivity index (χ3v) is 3.35. The standard InChI is InChI=1S/C10H19F3O3S/c1-3-4-5-6-7-9(2)8-16-17(14,15)10(11,12)13/h9H,3-8H2,1-2H3/t9-/m1/s1. The van der Waals surface area contributed by atoms with E-state index in [0.29, 0.717) is 6.42 Å². The first kappa shape index (κ1) is 16.7. The van der Waals surface area contributed by atoms with E-state index in [2.05, 4.69) is 11.1 Å². The number of rotatable bonds is 8. The van der Waals surface area contributed by atoms with Gasteiger partial charge in [-0.05, 0) is 12.3 Å². The van der Waals surface area contributed by atoms with Crippen molar-refractivity contribution in [3.63, 3.8) is 0 Å². The molecule has 0 saturated heterocycles. The summed E-state index contributed by atoms with van der Waals surface area (Å²) in [7, 11) is -5.43. The Morgan fingerprint density at radius 3 is 2.24 bits per heavy atom. The van der Waals surface area contributed by atoms with Crippen LogP contribution in [0.15, 0.2) is 0 Å². The predicted molar refractivity (Wildman–Crippen MR) is 58.8 cm³/mol. The van der Waals surface area contributed by atoms with Crippen molar-refractivity contribution in [1.82, 2.24) is 0 Å². The Morgan fingerprint density at radius 1 is 1.18 bits per heavy atom. The van der Waals surface area contributed by atoms with E-state index in [1.807, 2.05) is 0 Å². The molecule has 3 nitrogen and oxygen atoms in total. The summed E-state index contributed by atoms with van der Waals surface area (Å²) < 4.78 is 60.9. The molecule has 1 atom stereocenters. The Bertz CT molecular complexity index is 298. The molecule has 17 heavy (non-hydrogen) atoms. The molecule has 0 aliphatic heterocycles. The summed E-state index contributed by atoms with van der Waals surface area (Å²) in [5.41, 5.74) is -5.32. The van der Waals surface area contributed by atoms with Crippen molar-refractivity contribution in [2.45, 2.75) is 51.5 Å². The van der Waals surface area contributed by atoms with Gasteiger partial charge in [0.2, 0.25) is 0 Å². The van der Waals surface area contributed by atoms with Crippen molar-refractivity contribution in [2.75, 3.05) is 6.61 Å². The molecule has 0 saturated carbocycles. The minimum atomic E-state index is -5.43. The Balaban J connectivity index is 3.88. The van der Waals surface area contributed by atoms with Crippen molar-refractivity contribution < 1.29 is 25.8 Å². The van der Waals surface area contributed by atoms with Crippen LogP contribution in [-0.4, -0.2) is 20.5 Å². The Kier molecular flexibility index (Phi) is 7.08. The van der Waals surface area contributed by atoms with E-state index in [9.17, 15) is 21.6 Å². The zero-order valence-electron chi connectivity index (χ0n) is 10.1. The summed E-state index contributed by atoms with van der Waals surface area (Å²) in [5, 5.41) is 0. The van der Waals surface area contributed by atoms with Crippen molar-refractivity contribution in [1.29, 1.82) is 0 Å². The molecular formula is C10H19F3O3S. The van der Waals surface area contributed by atoms with Crippen molar-refractivity contribution in [3.05, 3.63) is 0 Å². The summed E-state index contributed by atoms with van der Waals surface area (Å²) in [6.07, 6.45) is 4.71. The highest BCUT2D eigenvalue weighted by atomic mass is 32.2. The summed E-state index contributed by atoms with van der Waals surface area (Å²) >= 11 is 0. The highest BCUT2D eigenvalue weighted by Gasteiger charge is 2.47. The van der Waals surface area contributed by atoms with E-state index in [4.69, 9.17) is 0 Å². The van der Waals surface area contributed by atoms with Gasteiger partial charge in [0.05, 0.1) is 6.61 Å². The lowest BCUT2D eigenvalue weighted by atomic mass is 10.0. The highest BCUT2D eigenvalue weighted by molar-refractivity contribution is 7.87. The van der Waals surface area contributed by atoms with Gasteiger partial charge in [0, 0.05) is 0 Å². The van der Waals surface area contributed by atoms with Gasteiger partial charge in [-0.15, -0.1) is 0 Å². The number of alkyl halides is 3. The second-order valence-electron chi connectivity index (χ2n) is 4.14. The molecule has 0 fully saturated rings. The van der Waals surface area contributed by atoms with E-state index in [1.54, 1.807) is 6.92 Å². The minimum Gasteiger partial charge on any atom is -0.263 e. The zero-order chi connectivity index (χ0) is 13.5. The fourth-order valence-electron chi connectivity index (χ4n) is 1.28. The van der Waals surface area contributed by atoms with Gasteiger partial charge in [-0.25, -0.2) is 0 Å². The van der Waals surface area contributed by atoms with Gasteiger partial charge in [-0.1, -0.05) is 39.5 Å². The normalized spacial score (nSPS) is 14.9. The van der Waals surface area contributed by atoms with Crippen LogP contribution in [0.25, 0.3) is 0 Å². The average Bonchev–Trinajstić information content (AvgIpc) is 2.20. The van der Waals surface area contributed by atoms with E-state index in [1.165, 1.54) is 0 Å². The van der Waals surface area contributed by atoms with Crippen molar-refractivity contribution >= 4 is 10.1 Å². The topological polar surface area (TPSA) is 43.4 Å². The van der Waals surface area contributed by atoms with Gasteiger partial charge in [0.1, 0.15) is 0 Å². The molecule has 0 rings (SSSR count). The maximum atomic E-state index is 11.9. The van der Waals surface area contributed by atoms with Crippen LogP contribution in [0.3, 0.4) is 0 Å². The van der Waals surface area contributed by atoms with Crippen LogP contribution in [-0.2, 0) is 14.3 Å². The first-order valence-corrected chi connectivity index (χ1v) is 7.07. The lowest BCUT2D eigenvalue weighted by Gasteiger charge is -2.13. The summed E-state index contributed by atoms with van der Waals surface area (Å²) in [6, 6.07) is 0. The van der Waals surface area contributed by atoms with Crippen molar-refractivity contribution in [3.8, 4) is 0 Å². The van der Waals surface area contributed by atoms with Crippen LogP contribution < -0.4 is 0 Å². The highest BCUT2D eigenvalue weighted by Crippen LogP contribution is 2.25. The Labute approximate surface area is 100 Å². The SMILES string of the molecule is CCCCCC[C@@H](C)COS(=O)(=O)C(F)(F)F. The molecule has 0 aliphatic carbocycles. The van der Waals surface area contributed by atoms with Crippen molar-refractivity contribution in [2.24, 2.45) is 5.92 Å². The summed E-state index contributed by atoms with van der Waals surface area (Å²) in [6.45, 7) is 3.33. The molecule has 0 unspecified atom stereocenters. The number of halogens is 3. The fourth-order valence-corrected chi connectivity index (χ4v) is 1.82. The molecule has 0 aromatic carbocycles. The lowest BCUT2D eigenvalue weighted by molar-refractivity contribution is -0.0549. The maximum absolute atomic E-state index is 11.9. The van der Waals surface area contributed by atoms with Crippen LogP contribution in [0.5, 0.6) is 0 Å². The van der Waals surface area contributed by atoms with Gasteiger partial charge in [0.25, 0.3) is 0 Å². The van der Waals surface area contributed by atoms with E-state index >= 15 is 0 Å². The molecule has 0 radical (unpaired) electrons. The maximum Gasteiger partial charge on any atom is 0.523 e. The Hall–Kier alpha value is -0.300. The lowest BCUT2D eigenvalue weighted by Crippen LogP contribution is -2.27. The largest absolute Gasteiger partial charge is 0.523 e. The summed E-state index contributed by atoms with van der Waals surface area (Å²) in [5.74, 6) is -0.191. The molecule has 104 valence electrons. The molecule has 0 heterocycles. The Morgan fingerprint density at radius 2 is 1.76 bits per heavy atom. The van der Waals surface area contributed by atoms with Gasteiger partial charge in [-0.3, -0.25) is 4.18 Å². The van der Waals surface area contributed by atoms with E-state index in [0.717, 1.165) is 25.7 Å². The van der Waals surface area contributed by atoms with Crippen LogP contribution >= 0.6 is 0 Å². The fraction of sp³-hybridized carbons (Fsp3) is 1.00. The zero-order valence-corrected chi connectivity index (χ0v) is 10.9. The molecule has 0 N–H and O–H groups in total. The molecule has 0 aromatic heterocycles. The molecule has 0 bridgehead atoms.